The van der Waals surface area contributed by atoms with Crippen LogP contribution in [0.25, 0.3) is 0 Å². The predicted molar refractivity (Wildman–Crippen MR) is 51.0 cm³/mol. The Morgan fingerprint density at radius 3 is 3.00 bits per heavy atom. The summed E-state index contributed by atoms with van der Waals surface area (Å²) in [4.78, 5) is 3.16. The van der Waals surface area contributed by atoms with Gasteiger partial charge in [0.05, 0.1) is 0 Å². The molecule has 0 saturated heterocycles. The van der Waals surface area contributed by atoms with Crippen molar-refractivity contribution in [1.82, 2.24) is 10.3 Å². The third kappa shape index (κ3) is 3.55. The number of nitrogens with one attached hydrogen (secondary N) is 2. The minimum Gasteiger partial charge on any atom is -0.365 e. The summed E-state index contributed by atoms with van der Waals surface area (Å²) in [5.74, 6) is 0. The van der Waals surface area contributed by atoms with Gasteiger partial charge in [-0.25, -0.2) is 0 Å². The van der Waals surface area contributed by atoms with Crippen LogP contribution in [0.4, 0.5) is 0 Å². The van der Waals surface area contributed by atoms with Crippen molar-refractivity contribution >= 4 is 0 Å². The minimum absolute atomic E-state index is 0.773. The predicted octanol–water partition coefficient (Wildman–Crippen LogP) is 0.496. The molecule has 0 radical (unpaired) electrons. The summed E-state index contributed by atoms with van der Waals surface area (Å²) < 4.78 is 0. The first-order chi connectivity index (χ1) is 5.93. The van der Waals surface area contributed by atoms with Gasteiger partial charge in [0.2, 0.25) is 0 Å². The Balaban J connectivity index is 1.96. The van der Waals surface area contributed by atoms with E-state index in [1.165, 1.54) is 5.69 Å². The van der Waals surface area contributed by atoms with E-state index in [2.05, 4.69) is 16.4 Å². The lowest BCUT2D eigenvalue weighted by Crippen LogP contribution is -2.20. The van der Waals surface area contributed by atoms with E-state index in [4.69, 9.17) is 5.73 Å². The second-order valence-electron chi connectivity index (χ2n) is 2.84. The van der Waals surface area contributed by atoms with Crippen molar-refractivity contribution < 1.29 is 0 Å². The van der Waals surface area contributed by atoms with Crippen LogP contribution < -0.4 is 11.1 Å². The lowest BCUT2D eigenvalue weighted by Gasteiger charge is -2.01. The molecular weight excluding hydrogens is 150 g/mol. The van der Waals surface area contributed by atoms with Crippen LogP contribution >= 0.6 is 0 Å². The summed E-state index contributed by atoms with van der Waals surface area (Å²) in [5, 5.41) is 3.32. The molecular formula is C9H17N3. The molecule has 0 atom stereocenters. The maximum absolute atomic E-state index is 5.36. The van der Waals surface area contributed by atoms with Crippen LogP contribution in [0.2, 0.25) is 0 Å². The molecule has 3 nitrogen and oxygen atoms in total. The highest BCUT2D eigenvalue weighted by molar-refractivity contribution is 5.03. The molecule has 0 bridgehead atoms. The van der Waals surface area contributed by atoms with Gasteiger partial charge >= 0.3 is 0 Å². The van der Waals surface area contributed by atoms with Gasteiger partial charge in [0.25, 0.3) is 0 Å². The van der Waals surface area contributed by atoms with Crippen molar-refractivity contribution in [2.75, 3.05) is 19.6 Å². The third-order valence-corrected chi connectivity index (χ3v) is 1.79. The smallest absolute Gasteiger partial charge is 0.0159 e. The maximum atomic E-state index is 5.36. The zero-order chi connectivity index (χ0) is 8.65. The van der Waals surface area contributed by atoms with Gasteiger partial charge in [-0.15, -0.1) is 0 Å². The van der Waals surface area contributed by atoms with E-state index in [-0.39, 0.29) is 0 Å². The van der Waals surface area contributed by atoms with Gasteiger partial charge in [-0.05, 0) is 38.1 Å². The van der Waals surface area contributed by atoms with E-state index < -0.39 is 0 Å². The molecule has 0 aliphatic heterocycles. The molecule has 0 aromatic carbocycles. The fourth-order valence-corrected chi connectivity index (χ4v) is 1.10. The van der Waals surface area contributed by atoms with Gasteiger partial charge in [-0.2, -0.15) is 0 Å². The number of hydrogen-bond donors (Lipinski definition) is 3. The average Bonchev–Trinajstić information content (AvgIpc) is 2.57. The molecule has 0 saturated carbocycles. The van der Waals surface area contributed by atoms with Crippen LogP contribution in [0, 0.1) is 0 Å². The molecule has 3 heteroatoms. The van der Waals surface area contributed by atoms with Gasteiger partial charge in [-0.3, -0.25) is 0 Å². The number of aromatic amines is 1. The van der Waals surface area contributed by atoms with Crippen molar-refractivity contribution in [2.24, 2.45) is 5.73 Å². The quantitative estimate of drug-likeness (QED) is 0.540. The van der Waals surface area contributed by atoms with Gasteiger partial charge in [0.1, 0.15) is 0 Å². The van der Waals surface area contributed by atoms with Crippen molar-refractivity contribution in [3.8, 4) is 0 Å². The molecule has 1 heterocycles. The molecule has 0 aliphatic rings. The van der Waals surface area contributed by atoms with Gasteiger partial charge in [0.15, 0.2) is 0 Å². The molecule has 0 unspecified atom stereocenters. The largest absolute Gasteiger partial charge is 0.365 e. The Hall–Kier alpha value is -0.800. The SMILES string of the molecule is NCCCNCCc1ccc[nH]1. The standard InChI is InChI=1S/C9H17N3/c10-5-2-6-11-8-4-9-3-1-7-12-9/h1,3,7,11-12H,2,4-6,8,10H2. The Morgan fingerprint density at radius 2 is 2.33 bits per heavy atom. The Labute approximate surface area is 73.4 Å². The summed E-state index contributed by atoms with van der Waals surface area (Å²) in [6.07, 6.45) is 4.08. The normalized spacial score (nSPS) is 10.4. The van der Waals surface area contributed by atoms with Crippen LogP contribution in [0.5, 0.6) is 0 Å². The van der Waals surface area contributed by atoms with Gasteiger partial charge in [-0.1, -0.05) is 0 Å². The van der Waals surface area contributed by atoms with Gasteiger partial charge in [0, 0.05) is 18.4 Å². The molecule has 0 aliphatic carbocycles. The monoisotopic (exact) mass is 167 g/mol. The number of hydrogen-bond acceptors (Lipinski definition) is 2. The first kappa shape index (κ1) is 9.29. The lowest BCUT2D eigenvalue weighted by atomic mass is 10.3. The lowest BCUT2D eigenvalue weighted by molar-refractivity contribution is 0.649. The van der Waals surface area contributed by atoms with Crippen LogP contribution in [0.1, 0.15) is 12.1 Å². The van der Waals surface area contributed by atoms with E-state index in [9.17, 15) is 0 Å². The Kier molecular flexibility index (Phi) is 4.49. The van der Waals surface area contributed by atoms with Crippen LogP contribution in [0.3, 0.4) is 0 Å². The molecule has 0 amide bonds. The summed E-state index contributed by atoms with van der Waals surface area (Å²) in [6, 6.07) is 4.12. The third-order valence-electron chi connectivity index (χ3n) is 1.79. The molecule has 1 aromatic heterocycles. The first-order valence-electron chi connectivity index (χ1n) is 4.46. The Morgan fingerprint density at radius 1 is 1.42 bits per heavy atom. The van der Waals surface area contributed by atoms with Crippen molar-refractivity contribution in [1.29, 1.82) is 0 Å². The van der Waals surface area contributed by atoms with Crippen molar-refractivity contribution in [2.45, 2.75) is 12.8 Å². The first-order valence-corrected chi connectivity index (χ1v) is 4.46. The maximum Gasteiger partial charge on any atom is 0.0159 e. The van der Waals surface area contributed by atoms with E-state index in [0.717, 1.165) is 32.5 Å². The zero-order valence-electron chi connectivity index (χ0n) is 7.34. The van der Waals surface area contributed by atoms with Crippen LogP contribution in [0.15, 0.2) is 18.3 Å². The van der Waals surface area contributed by atoms with Gasteiger partial charge < -0.3 is 16.0 Å². The van der Waals surface area contributed by atoms with Crippen molar-refractivity contribution in [3.63, 3.8) is 0 Å². The molecule has 0 fully saturated rings. The average molecular weight is 167 g/mol. The summed E-state index contributed by atoms with van der Waals surface area (Å²) in [7, 11) is 0. The second kappa shape index (κ2) is 5.80. The fourth-order valence-electron chi connectivity index (χ4n) is 1.10. The zero-order valence-corrected chi connectivity index (χ0v) is 7.34. The highest BCUT2D eigenvalue weighted by atomic mass is 14.9. The molecule has 4 N–H and O–H groups in total. The number of aromatic nitrogens is 1. The number of H-pyrrole nitrogens is 1. The van der Waals surface area contributed by atoms with Crippen LogP contribution in [-0.4, -0.2) is 24.6 Å². The van der Waals surface area contributed by atoms with Crippen molar-refractivity contribution in [3.05, 3.63) is 24.0 Å². The molecule has 0 spiro atoms. The van der Waals surface area contributed by atoms with E-state index in [1.807, 2.05) is 12.3 Å². The molecule has 68 valence electrons. The van der Waals surface area contributed by atoms with E-state index >= 15 is 0 Å². The van der Waals surface area contributed by atoms with E-state index in [0.29, 0.717) is 0 Å². The number of nitrogens with two attached hydrogens (primary N) is 1. The molecule has 1 aromatic rings. The number of rotatable bonds is 6. The second-order valence-corrected chi connectivity index (χ2v) is 2.84. The highest BCUT2D eigenvalue weighted by Gasteiger charge is 1.91. The van der Waals surface area contributed by atoms with Crippen LogP contribution in [-0.2, 0) is 6.42 Å². The highest BCUT2D eigenvalue weighted by Crippen LogP contribution is 1.93. The van der Waals surface area contributed by atoms with E-state index in [1.54, 1.807) is 0 Å². The minimum atomic E-state index is 0.773. The summed E-state index contributed by atoms with van der Waals surface area (Å²) in [5.41, 5.74) is 6.65. The fraction of sp³-hybridized carbons (Fsp3) is 0.556. The summed E-state index contributed by atoms with van der Waals surface area (Å²) >= 11 is 0. The molecule has 12 heavy (non-hydrogen) atoms. The summed E-state index contributed by atoms with van der Waals surface area (Å²) in [6.45, 7) is 2.83. The Bertz CT molecular complexity index is 182. The topological polar surface area (TPSA) is 53.8 Å². The molecule has 1 rings (SSSR count).